The van der Waals surface area contributed by atoms with E-state index in [0.29, 0.717) is 0 Å². The highest BCUT2D eigenvalue weighted by Gasteiger charge is 1.96. The van der Waals surface area contributed by atoms with Gasteiger partial charge in [-0.3, -0.25) is 4.68 Å². The summed E-state index contributed by atoms with van der Waals surface area (Å²) in [5, 5.41) is 4.43. The summed E-state index contributed by atoms with van der Waals surface area (Å²) < 4.78 is 2.08. The molecule has 0 bridgehead atoms. The van der Waals surface area contributed by atoms with Crippen LogP contribution in [0.1, 0.15) is 115 Å². The normalized spacial score (nSPS) is 11.2. The van der Waals surface area contributed by atoms with E-state index in [0.717, 1.165) is 12.2 Å². The van der Waals surface area contributed by atoms with Crippen LogP contribution in [0.15, 0.2) is 12.3 Å². The average molecular weight is 335 g/mol. The second kappa shape index (κ2) is 15.7. The molecule has 0 aliphatic rings. The first-order valence-corrected chi connectivity index (χ1v) is 10.8. The minimum atomic E-state index is 1.09. The van der Waals surface area contributed by atoms with Gasteiger partial charge in [-0.15, -0.1) is 0 Å². The molecule has 0 aliphatic carbocycles. The van der Waals surface area contributed by atoms with Gasteiger partial charge in [0, 0.05) is 12.7 Å². The fourth-order valence-electron chi connectivity index (χ4n) is 3.41. The van der Waals surface area contributed by atoms with E-state index in [2.05, 4.69) is 35.9 Å². The SMILES string of the molecule is CCCCCCCCCCCCCCCCCCn1ccc(C)n1. The lowest BCUT2D eigenvalue weighted by Gasteiger charge is -2.04. The third-order valence-electron chi connectivity index (χ3n) is 5.01. The van der Waals surface area contributed by atoms with Crippen molar-refractivity contribution in [1.29, 1.82) is 0 Å². The molecule has 0 unspecified atom stereocenters. The van der Waals surface area contributed by atoms with Gasteiger partial charge in [0.2, 0.25) is 0 Å². The molecule has 0 amide bonds. The molecule has 0 saturated carbocycles. The quantitative estimate of drug-likeness (QED) is 0.270. The third kappa shape index (κ3) is 12.6. The van der Waals surface area contributed by atoms with Gasteiger partial charge in [0.1, 0.15) is 0 Å². The summed E-state index contributed by atoms with van der Waals surface area (Å²) in [5.41, 5.74) is 1.13. The molecule has 2 heteroatoms. The highest BCUT2D eigenvalue weighted by Crippen LogP contribution is 2.13. The number of aryl methyl sites for hydroxylation is 2. The molecule has 2 nitrogen and oxygen atoms in total. The second-order valence-corrected chi connectivity index (χ2v) is 7.52. The predicted octanol–water partition coefficient (Wildman–Crippen LogP) is 7.45. The molecule has 0 N–H and O–H groups in total. The van der Waals surface area contributed by atoms with E-state index in [4.69, 9.17) is 0 Å². The third-order valence-corrected chi connectivity index (χ3v) is 5.01. The van der Waals surface area contributed by atoms with Crippen LogP contribution in [0.3, 0.4) is 0 Å². The number of rotatable bonds is 17. The van der Waals surface area contributed by atoms with Gasteiger partial charge in [-0.25, -0.2) is 0 Å². The maximum Gasteiger partial charge on any atom is 0.0593 e. The second-order valence-electron chi connectivity index (χ2n) is 7.52. The molecule has 1 aromatic heterocycles. The molecule has 0 atom stereocenters. The van der Waals surface area contributed by atoms with E-state index in [1.54, 1.807) is 0 Å². The standard InChI is InChI=1S/C22H42N2/c1-3-4-5-6-7-8-9-10-11-12-13-14-15-16-17-18-20-24-21-19-22(2)23-24/h19,21H,3-18,20H2,1-2H3. The summed E-state index contributed by atoms with van der Waals surface area (Å²) in [5.74, 6) is 0. The number of hydrogen-bond donors (Lipinski definition) is 0. The maximum absolute atomic E-state index is 4.43. The number of hydrogen-bond acceptors (Lipinski definition) is 1. The number of aromatic nitrogens is 2. The minimum Gasteiger partial charge on any atom is -0.273 e. The Labute approximate surface area is 151 Å². The number of unbranched alkanes of at least 4 members (excludes halogenated alkanes) is 15. The van der Waals surface area contributed by atoms with Crippen molar-refractivity contribution in [2.45, 2.75) is 123 Å². The molecular formula is C22H42N2. The Hall–Kier alpha value is -0.790. The molecule has 0 saturated heterocycles. The van der Waals surface area contributed by atoms with Crippen molar-refractivity contribution in [3.05, 3.63) is 18.0 Å². The fraction of sp³-hybridized carbons (Fsp3) is 0.864. The molecule has 0 radical (unpaired) electrons. The Balaban J connectivity index is 1.70. The zero-order valence-electron chi connectivity index (χ0n) is 16.6. The molecule has 24 heavy (non-hydrogen) atoms. The molecule has 1 aromatic rings. The lowest BCUT2D eigenvalue weighted by atomic mass is 10.0. The van der Waals surface area contributed by atoms with Crippen LogP contribution in [0.4, 0.5) is 0 Å². The van der Waals surface area contributed by atoms with Crippen molar-refractivity contribution in [2.75, 3.05) is 0 Å². The van der Waals surface area contributed by atoms with Crippen LogP contribution < -0.4 is 0 Å². The molecule has 0 fully saturated rings. The summed E-state index contributed by atoms with van der Waals surface area (Å²) in [6.45, 7) is 5.44. The van der Waals surface area contributed by atoms with E-state index in [9.17, 15) is 0 Å². The molecular weight excluding hydrogens is 292 g/mol. The van der Waals surface area contributed by atoms with Gasteiger partial charge >= 0.3 is 0 Å². The van der Waals surface area contributed by atoms with Crippen LogP contribution in [0.5, 0.6) is 0 Å². The van der Waals surface area contributed by atoms with Crippen molar-refractivity contribution >= 4 is 0 Å². The van der Waals surface area contributed by atoms with E-state index < -0.39 is 0 Å². The zero-order valence-corrected chi connectivity index (χ0v) is 16.6. The first kappa shape index (κ1) is 21.3. The Bertz CT molecular complexity index is 370. The molecule has 1 rings (SSSR count). The maximum atomic E-state index is 4.43. The topological polar surface area (TPSA) is 17.8 Å². The van der Waals surface area contributed by atoms with Gasteiger partial charge in [-0.05, 0) is 19.4 Å². The van der Waals surface area contributed by atoms with Gasteiger partial charge in [-0.1, -0.05) is 103 Å². The van der Waals surface area contributed by atoms with E-state index in [1.807, 2.05) is 0 Å². The van der Waals surface area contributed by atoms with Gasteiger partial charge in [-0.2, -0.15) is 5.10 Å². The predicted molar refractivity (Wildman–Crippen MR) is 107 cm³/mol. The smallest absolute Gasteiger partial charge is 0.0593 e. The minimum absolute atomic E-state index is 1.09. The lowest BCUT2D eigenvalue weighted by Crippen LogP contribution is -1.98. The van der Waals surface area contributed by atoms with E-state index in [-0.39, 0.29) is 0 Å². The molecule has 0 aromatic carbocycles. The van der Waals surface area contributed by atoms with Crippen molar-refractivity contribution in [1.82, 2.24) is 9.78 Å². The number of nitrogens with zero attached hydrogens (tertiary/aromatic N) is 2. The highest BCUT2D eigenvalue weighted by molar-refractivity contribution is 4.94. The lowest BCUT2D eigenvalue weighted by molar-refractivity contribution is 0.508. The zero-order chi connectivity index (χ0) is 17.3. The van der Waals surface area contributed by atoms with Gasteiger partial charge in [0.25, 0.3) is 0 Å². The average Bonchev–Trinajstić information content (AvgIpc) is 3.00. The van der Waals surface area contributed by atoms with Crippen LogP contribution in [0.25, 0.3) is 0 Å². The van der Waals surface area contributed by atoms with Crippen molar-refractivity contribution in [3.8, 4) is 0 Å². The summed E-state index contributed by atoms with van der Waals surface area (Å²) in [4.78, 5) is 0. The van der Waals surface area contributed by atoms with Crippen LogP contribution in [0, 0.1) is 6.92 Å². The van der Waals surface area contributed by atoms with Crippen LogP contribution >= 0.6 is 0 Å². The summed E-state index contributed by atoms with van der Waals surface area (Å²) >= 11 is 0. The summed E-state index contributed by atoms with van der Waals surface area (Å²) in [6.07, 6.45) is 25.0. The molecule has 0 spiro atoms. The Morgan fingerprint density at radius 3 is 1.46 bits per heavy atom. The Kier molecular flexibility index (Phi) is 13.9. The Morgan fingerprint density at radius 2 is 1.08 bits per heavy atom. The summed E-state index contributed by atoms with van der Waals surface area (Å²) in [6, 6.07) is 2.09. The van der Waals surface area contributed by atoms with Crippen molar-refractivity contribution < 1.29 is 0 Å². The van der Waals surface area contributed by atoms with Crippen LogP contribution in [-0.2, 0) is 6.54 Å². The highest BCUT2D eigenvalue weighted by atomic mass is 15.3. The van der Waals surface area contributed by atoms with Gasteiger partial charge in [0.15, 0.2) is 0 Å². The van der Waals surface area contributed by atoms with Crippen LogP contribution in [0.2, 0.25) is 0 Å². The molecule has 140 valence electrons. The largest absolute Gasteiger partial charge is 0.273 e. The van der Waals surface area contributed by atoms with Crippen LogP contribution in [-0.4, -0.2) is 9.78 Å². The summed E-state index contributed by atoms with van der Waals surface area (Å²) in [7, 11) is 0. The molecule has 0 aliphatic heterocycles. The first-order valence-electron chi connectivity index (χ1n) is 10.8. The fourth-order valence-corrected chi connectivity index (χ4v) is 3.41. The molecule has 1 heterocycles. The van der Waals surface area contributed by atoms with E-state index in [1.165, 1.54) is 103 Å². The monoisotopic (exact) mass is 334 g/mol. The first-order chi connectivity index (χ1) is 11.8. The van der Waals surface area contributed by atoms with Crippen molar-refractivity contribution in [2.24, 2.45) is 0 Å². The van der Waals surface area contributed by atoms with Gasteiger partial charge < -0.3 is 0 Å². The Morgan fingerprint density at radius 1 is 0.667 bits per heavy atom. The van der Waals surface area contributed by atoms with Gasteiger partial charge in [0.05, 0.1) is 5.69 Å². The van der Waals surface area contributed by atoms with Crippen molar-refractivity contribution in [3.63, 3.8) is 0 Å². The van der Waals surface area contributed by atoms with E-state index >= 15 is 0 Å².